The molecule has 0 bridgehead atoms. The zero-order chi connectivity index (χ0) is 19.0. The summed E-state index contributed by atoms with van der Waals surface area (Å²) in [4.78, 5) is 22.0. The molecule has 1 unspecified atom stereocenters. The first-order valence-corrected chi connectivity index (χ1v) is 8.74. The van der Waals surface area contributed by atoms with E-state index in [0.717, 1.165) is 6.42 Å². The fourth-order valence-electron chi connectivity index (χ4n) is 1.73. The van der Waals surface area contributed by atoms with Gasteiger partial charge in [0.15, 0.2) is 0 Å². The van der Waals surface area contributed by atoms with Gasteiger partial charge in [-0.15, -0.1) is 0 Å². The maximum Gasteiger partial charge on any atom is 0.319 e. The van der Waals surface area contributed by atoms with Gasteiger partial charge in [0.2, 0.25) is 6.41 Å². The minimum atomic E-state index is -0.307. The minimum Gasteiger partial charge on any atom is -0.465 e. The van der Waals surface area contributed by atoms with Gasteiger partial charge < -0.3 is 29.6 Å². The Kier molecular flexibility index (Phi) is 14.3. The highest BCUT2D eigenvalue weighted by atomic mass is 16.6. The summed E-state index contributed by atoms with van der Waals surface area (Å²) in [6.07, 6.45) is 1.41. The number of ether oxygens (including phenoxy) is 4. The van der Waals surface area contributed by atoms with Crippen molar-refractivity contribution in [2.45, 2.75) is 45.8 Å². The molecule has 8 heteroatoms. The van der Waals surface area contributed by atoms with E-state index in [9.17, 15) is 9.59 Å². The maximum absolute atomic E-state index is 11.4. The lowest BCUT2D eigenvalue weighted by Crippen LogP contribution is -2.43. The third kappa shape index (κ3) is 17.4. The topological polar surface area (TPSA) is 95.1 Å². The van der Waals surface area contributed by atoms with E-state index in [-0.39, 0.29) is 24.2 Å². The molecule has 8 nitrogen and oxygen atoms in total. The number of hydrogen-bond donors (Lipinski definition) is 2. The van der Waals surface area contributed by atoms with Gasteiger partial charge in [0, 0.05) is 6.54 Å². The van der Waals surface area contributed by atoms with Crippen LogP contribution in [0.5, 0.6) is 0 Å². The van der Waals surface area contributed by atoms with E-state index in [2.05, 4.69) is 10.6 Å². The Morgan fingerprint density at radius 1 is 1.08 bits per heavy atom. The number of rotatable bonds is 16. The number of carbonyl (C=O) groups is 2. The molecule has 0 radical (unpaired) electrons. The number of amides is 1. The summed E-state index contributed by atoms with van der Waals surface area (Å²) < 4.78 is 21.4. The summed E-state index contributed by atoms with van der Waals surface area (Å²) in [5.41, 5.74) is -0.163. The van der Waals surface area contributed by atoms with E-state index in [4.69, 9.17) is 18.9 Å². The molecule has 148 valence electrons. The van der Waals surface area contributed by atoms with Gasteiger partial charge in [-0.1, -0.05) is 6.92 Å². The fraction of sp³-hybridized carbons (Fsp3) is 0.882. The van der Waals surface area contributed by atoms with Crippen LogP contribution in [0.2, 0.25) is 0 Å². The highest BCUT2D eigenvalue weighted by Crippen LogP contribution is 2.05. The van der Waals surface area contributed by atoms with Crippen molar-refractivity contribution >= 4 is 12.4 Å². The third-order valence-corrected chi connectivity index (χ3v) is 2.88. The van der Waals surface area contributed by atoms with Gasteiger partial charge in [0.05, 0.1) is 57.8 Å². The molecule has 2 N–H and O–H groups in total. The second-order valence-electron chi connectivity index (χ2n) is 6.48. The normalized spacial score (nSPS) is 12.6. The lowest BCUT2D eigenvalue weighted by Gasteiger charge is -2.19. The van der Waals surface area contributed by atoms with Crippen LogP contribution >= 0.6 is 0 Å². The molecule has 0 aliphatic carbocycles. The summed E-state index contributed by atoms with van der Waals surface area (Å²) in [5.74, 6) is -0.307. The summed E-state index contributed by atoms with van der Waals surface area (Å²) in [7, 11) is 0. The first kappa shape index (κ1) is 23.8. The van der Waals surface area contributed by atoms with E-state index in [1.807, 2.05) is 27.7 Å². The molecule has 0 aliphatic rings. The van der Waals surface area contributed by atoms with Gasteiger partial charge in [-0.05, 0) is 27.2 Å². The summed E-state index contributed by atoms with van der Waals surface area (Å²) in [6, 6.07) is -0.222. The van der Waals surface area contributed by atoms with Crippen molar-refractivity contribution in [1.29, 1.82) is 0 Å². The van der Waals surface area contributed by atoms with Gasteiger partial charge in [-0.2, -0.15) is 0 Å². The Hall–Kier alpha value is -1.22. The molecule has 1 atom stereocenters. The van der Waals surface area contributed by atoms with Crippen LogP contribution < -0.4 is 10.6 Å². The molecular weight excluding hydrogens is 328 g/mol. The van der Waals surface area contributed by atoms with Crippen LogP contribution in [0.3, 0.4) is 0 Å². The molecule has 0 spiro atoms. The Morgan fingerprint density at radius 3 is 2.40 bits per heavy atom. The molecule has 0 aromatic rings. The zero-order valence-corrected chi connectivity index (χ0v) is 16.0. The Balaban J connectivity index is 3.65. The molecule has 1 amide bonds. The largest absolute Gasteiger partial charge is 0.465 e. The van der Waals surface area contributed by atoms with E-state index in [1.54, 1.807) is 0 Å². The predicted molar refractivity (Wildman–Crippen MR) is 94.5 cm³/mol. The van der Waals surface area contributed by atoms with Gasteiger partial charge in [-0.25, -0.2) is 0 Å². The Labute approximate surface area is 150 Å². The van der Waals surface area contributed by atoms with Crippen molar-refractivity contribution in [2.24, 2.45) is 0 Å². The lowest BCUT2D eigenvalue weighted by atomic mass is 10.2. The quantitative estimate of drug-likeness (QED) is 0.234. The fourth-order valence-corrected chi connectivity index (χ4v) is 1.73. The monoisotopic (exact) mass is 362 g/mol. The summed E-state index contributed by atoms with van der Waals surface area (Å²) >= 11 is 0. The van der Waals surface area contributed by atoms with E-state index < -0.39 is 0 Å². The molecule has 0 saturated carbocycles. The van der Waals surface area contributed by atoms with Crippen molar-refractivity contribution in [3.05, 3.63) is 0 Å². The van der Waals surface area contributed by atoms with Crippen LogP contribution in [0.4, 0.5) is 0 Å². The Morgan fingerprint density at radius 2 is 1.76 bits per heavy atom. The summed E-state index contributed by atoms with van der Waals surface area (Å²) in [6.45, 7) is 11.1. The predicted octanol–water partition coefficient (Wildman–Crippen LogP) is 0.492. The van der Waals surface area contributed by atoms with Crippen molar-refractivity contribution in [3.63, 3.8) is 0 Å². The average molecular weight is 362 g/mol. The highest BCUT2D eigenvalue weighted by Gasteiger charge is 2.10. The van der Waals surface area contributed by atoms with Crippen molar-refractivity contribution < 1.29 is 28.5 Å². The van der Waals surface area contributed by atoms with Crippen LogP contribution in [0, 0.1) is 0 Å². The van der Waals surface area contributed by atoms with Gasteiger partial charge >= 0.3 is 5.97 Å². The highest BCUT2D eigenvalue weighted by molar-refractivity contribution is 5.71. The lowest BCUT2D eigenvalue weighted by molar-refractivity contribution is -0.142. The second-order valence-corrected chi connectivity index (χ2v) is 6.48. The second kappa shape index (κ2) is 15.1. The minimum absolute atomic E-state index is 0.105. The van der Waals surface area contributed by atoms with Crippen LogP contribution in [0.1, 0.15) is 34.1 Å². The number of carbonyl (C=O) groups excluding carboxylic acids is 2. The molecule has 0 rings (SSSR count). The first-order valence-electron chi connectivity index (χ1n) is 8.74. The van der Waals surface area contributed by atoms with Gasteiger partial charge in [-0.3, -0.25) is 9.59 Å². The van der Waals surface area contributed by atoms with Crippen LogP contribution in [-0.2, 0) is 28.5 Å². The van der Waals surface area contributed by atoms with Crippen LogP contribution in [0.15, 0.2) is 0 Å². The van der Waals surface area contributed by atoms with E-state index in [0.29, 0.717) is 52.6 Å². The number of esters is 1. The number of nitrogens with one attached hydrogen (secondary N) is 2. The molecule has 25 heavy (non-hydrogen) atoms. The molecule has 0 aliphatic heterocycles. The van der Waals surface area contributed by atoms with Crippen LogP contribution in [0.25, 0.3) is 0 Å². The molecule has 0 fully saturated rings. The van der Waals surface area contributed by atoms with Gasteiger partial charge in [0.1, 0.15) is 0 Å². The SMILES string of the molecule is CCCOC(=O)CNCC(COCCOCCOC(C)(C)C)NC=O. The molecule has 0 aromatic carbocycles. The number of hydrogen-bond acceptors (Lipinski definition) is 7. The molecule has 0 saturated heterocycles. The van der Waals surface area contributed by atoms with Crippen molar-refractivity contribution in [3.8, 4) is 0 Å². The van der Waals surface area contributed by atoms with Gasteiger partial charge in [0.25, 0.3) is 0 Å². The smallest absolute Gasteiger partial charge is 0.319 e. The van der Waals surface area contributed by atoms with Crippen LogP contribution in [-0.4, -0.2) is 76.8 Å². The summed E-state index contributed by atoms with van der Waals surface area (Å²) in [5, 5.41) is 5.58. The third-order valence-electron chi connectivity index (χ3n) is 2.88. The molecule has 0 heterocycles. The molecular formula is C17H34N2O6. The van der Waals surface area contributed by atoms with E-state index in [1.165, 1.54) is 0 Å². The standard InChI is InChI=1S/C17H34N2O6/c1-5-6-24-16(21)12-18-11-15(19-14-20)13-23-8-7-22-9-10-25-17(2,3)4/h14-15,18H,5-13H2,1-4H3,(H,19,20). The average Bonchev–Trinajstić information content (AvgIpc) is 2.54. The zero-order valence-electron chi connectivity index (χ0n) is 16.0. The van der Waals surface area contributed by atoms with Crippen molar-refractivity contribution in [1.82, 2.24) is 10.6 Å². The maximum atomic E-state index is 11.4. The Bertz CT molecular complexity index is 347. The van der Waals surface area contributed by atoms with E-state index >= 15 is 0 Å². The van der Waals surface area contributed by atoms with Crippen molar-refractivity contribution in [2.75, 3.05) is 52.7 Å². The first-order chi connectivity index (χ1) is 11.9. The molecule has 0 aromatic heterocycles.